The van der Waals surface area contributed by atoms with E-state index in [1.807, 2.05) is 35.7 Å². The van der Waals surface area contributed by atoms with Gasteiger partial charge in [-0.25, -0.2) is 4.98 Å². The highest BCUT2D eigenvalue weighted by Crippen LogP contribution is 2.26. The lowest BCUT2D eigenvalue weighted by atomic mass is 10.2. The molecule has 3 aromatic rings. The molecule has 2 aromatic carbocycles. The fraction of sp³-hybridized carbons (Fsp3) is 0.111. The van der Waals surface area contributed by atoms with Gasteiger partial charge in [0.05, 0.1) is 26.1 Å². The van der Waals surface area contributed by atoms with Crippen molar-refractivity contribution in [1.82, 2.24) is 4.98 Å². The molecule has 0 unspecified atom stereocenters. The van der Waals surface area contributed by atoms with Gasteiger partial charge in [-0.05, 0) is 42.5 Å². The molecular weight excluding hydrogens is 338 g/mol. The number of hydrogen-bond donors (Lipinski definition) is 2. The first kappa shape index (κ1) is 16.8. The van der Waals surface area contributed by atoms with Gasteiger partial charge in [0.25, 0.3) is 0 Å². The Hall–Kier alpha value is -3.06. The van der Waals surface area contributed by atoms with Crippen LogP contribution in [0, 0.1) is 0 Å². The lowest BCUT2D eigenvalue weighted by Crippen LogP contribution is -1.95. The quantitative estimate of drug-likeness (QED) is 0.517. The fourth-order valence-corrected chi connectivity index (χ4v) is 2.86. The van der Waals surface area contributed by atoms with Crippen LogP contribution in [0.3, 0.4) is 0 Å². The van der Waals surface area contributed by atoms with Crippen LogP contribution in [0.2, 0.25) is 0 Å². The van der Waals surface area contributed by atoms with Crippen molar-refractivity contribution in [3.63, 3.8) is 0 Å². The molecule has 2 N–H and O–H groups in total. The normalized spacial score (nSPS) is 10.8. The zero-order chi connectivity index (χ0) is 17.6. The van der Waals surface area contributed by atoms with E-state index >= 15 is 0 Å². The van der Waals surface area contributed by atoms with E-state index in [1.54, 1.807) is 32.6 Å². The molecule has 128 valence electrons. The number of thiazole rings is 1. The zero-order valence-corrected chi connectivity index (χ0v) is 14.6. The molecule has 0 bridgehead atoms. The molecule has 0 radical (unpaired) electrons. The van der Waals surface area contributed by atoms with Crippen molar-refractivity contribution in [3.05, 3.63) is 53.4 Å². The van der Waals surface area contributed by atoms with Crippen LogP contribution in [-0.2, 0) is 0 Å². The summed E-state index contributed by atoms with van der Waals surface area (Å²) in [6.45, 7) is 0. The van der Waals surface area contributed by atoms with Crippen molar-refractivity contribution in [2.45, 2.75) is 0 Å². The lowest BCUT2D eigenvalue weighted by molar-refractivity contribution is 0.402. The average Bonchev–Trinajstić information content (AvgIpc) is 3.11. The summed E-state index contributed by atoms with van der Waals surface area (Å²) in [5.41, 5.74) is 5.46. The number of ether oxygens (including phenoxy) is 2. The van der Waals surface area contributed by atoms with Crippen LogP contribution in [0.15, 0.2) is 52.9 Å². The van der Waals surface area contributed by atoms with Crippen LogP contribution >= 0.6 is 11.3 Å². The minimum absolute atomic E-state index is 0.231. The lowest BCUT2D eigenvalue weighted by Gasteiger charge is -2.06. The number of aromatic hydroxyl groups is 1. The molecule has 0 aliphatic carbocycles. The Morgan fingerprint density at radius 1 is 1.12 bits per heavy atom. The molecular formula is C18H17N3O3S. The Balaban J connectivity index is 1.72. The van der Waals surface area contributed by atoms with Crippen molar-refractivity contribution in [2.75, 3.05) is 19.6 Å². The first-order chi connectivity index (χ1) is 12.2. The van der Waals surface area contributed by atoms with Crippen LogP contribution in [0.4, 0.5) is 5.13 Å². The van der Waals surface area contributed by atoms with Gasteiger partial charge in [-0.3, -0.25) is 5.43 Å². The van der Waals surface area contributed by atoms with Gasteiger partial charge >= 0.3 is 0 Å². The van der Waals surface area contributed by atoms with Crippen molar-refractivity contribution < 1.29 is 14.6 Å². The maximum Gasteiger partial charge on any atom is 0.203 e. The molecule has 25 heavy (non-hydrogen) atoms. The summed E-state index contributed by atoms with van der Waals surface area (Å²) in [5, 5.41) is 16.2. The van der Waals surface area contributed by atoms with Gasteiger partial charge in [0.2, 0.25) is 5.13 Å². The topological polar surface area (TPSA) is 76.0 Å². The van der Waals surface area contributed by atoms with E-state index in [0.29, 0.717) is 10.9 Å². The van der Waals surface area contributed by atoms with Gasteiger partial charge in [-0.1, -0.05) is 0 Å². The summed E-state index contributed by atoms with van der Waals surface area (Å²) in [4.78, 5) is 4.47. The van der Waals surface area contributed by atoms with Crippen molar-refractivity contribution in [3.8, 4) is 28.5 Å². The highest BCUT2D eigenvalue weighted by Gasteiger charge is 2.05. The molecule has 3 rings (SSSR count). The smallest absolute Gasteiger partial charge is 0.203 e. The first-order valence-electron chi connectivity index (χ1n) is 7.45. The first-order valence-corrected chi connectivity index (χ1v) is 8.33. The van der Waals surface area contributed by atoms with E-state index in [-0.39, 0.29) is 5.75 Å². The zero-order valence-electron chi connectivity index (χ0n) is 13.8. The third kappa shape index (κ3) is 4.07. The Labute approximate surface area is 149 Å². The Morgan fingerprint density at radius 3 is 2.64 bits per heavy atom. The molecule has 1 heterocycles. The maximum absolute atomic E-state index is 9.34. The standard InChI is InChI=1S/C18H17N3O3S/c1-23-15-7-8-17(24-2)13(9-15)10-19-21-18-20-16(11-25-18)12-3-5-14(22)6-4-12/h3-11,22H,1-2H3,(H,20,21). The number of aromatic nitrogens is 1. The summed E-state index contributed by atoms with van der Waals surface area (Å²) < 4.78 is 10.5. The second kappa shape index (κ2) is 7.67. The van der Waals surface area contributed by atoms with Gasteiger partial charge in [0.15, 0.2) is 0 Å². The van der Waals surface area contributed by atoms with Gasteiger partial charge < -0.3 is 14.6 Å². The van der Waals surface area contributed by atoms with Crippen LogP contribution in [0.1, 0.15) is 5.56 Å². The van der Waals surface area contributed by atoms with E-state index in [1.165, 1.54) is 11.3 Å². The molecule has 1 aromatic heterocycles. The summed E-state index contributed by atoms with van der Waals surface area (Å²) in [6.07, 6.45) is 1.66. The predicted molar refractivity (Wildman–Crippen MR) is 100.0 cm³/mol. The van der Waals surface area contributed by atoms with Gasteiger partial charge in [-0.2, -0.15) is 5.10 Å². The molecule has 0 aliphatic heterocycles. The number of nitrogens with zero attached hydrogens (tertiary/aromatic N) is 2. The molecule has 7 heteroatoms. The van der Waals surface area contributed by atoms with E-state index in [2.05, 4.69) is 15.5 Å². The van der Waals surface area contributed by atoms with E-state index < -0.39 is 0 Å². The van der Waals surface area contributed by atoms with E-state index in [0.717, 1.165) is 22.6 Å². The molecule has 0 saturated carbocycles. The monoisotopic (exact) mass is 355 g/mol. The molecule has 6 nitrogen and oxygen atoms in total. The van der Waals surface area contributed by atoms with E-state index in [4.69, 9.17) is 9.47 Å². The minimum Gasteiger partial charge on any atom is -0.508 e. The van der Waals surface area contributed by atoms with Crippen LogP contribution < -0.4 is 14.9 Å². The minimum atomic E-state index is 0.231. The largest absolute Gasteiger partial charge is 0.508 e. The number of hydrazone groups is 1. The number of methoxy groups -OCH3 is 2. The summed E-state index contributed by atoms with van der Waals surface area (Å²) in [6, 6.07) is 12.4. The Bertz CT molecular complexity index is 876. The molecule has 0 aliphatic rings. The summed E-state index contributed by atoms with van der Waals surface area (Å²) >= 11 is 1.45. The molecule has 0 amide bonds. The third-order valence-electron chi connectivity index (χ3n) is 3.47. The number of phenols is 1. The van der Waals surface area contributed by atoms with Crippen molar-refractivity contribution >= 4 is 22.7 Å². The Kier molecular flexibility index (Phi) is 5.15. The highest BCUT2D eigenvalue weighted by atomic mass is 32.1. The summed E-state index contributed by atoms with van der Waals surface area (Å²) in [5.74, 6) is 1.66. The number of nitrogens with one attached hydrogen (secondary N) is 1. The number of anilines is 1. The second-order valence-corrected chi connectivity index (χ2v) is 5.92. The SMILES string of the molecule is COc1ccc(OC)c(C=NNc2nc(-c3ccc(O)cc3)cs2)c1. The molecule has 0 spiro atoms. The Morgan fingerprint density at radius 2 is 1.92 bits per heavy atom. The van der Waals surface area contributed by atoms with Crippen LogP contribution in [0.25, 0.3) is 11.3 Å². The maximum atomic E-state index is 9.34. The summed E-state index contributed by atoms with van der Waals surface area (Å²) in [7, 11) is 3.22. The fourth-order valence-electron chi connectivity index (χ4n) is 2.19. The van der Waals surface area contributed by atoms with E-state index in [9.17, 15) is 5.11 Å². The van der Waals surface area contributed by atoms with Gasteiger partial charge in [0, 0.05) is 16.5 Å². The number of benzene rings is 2. The number of phenolic OH excluding ortho intramolecular Hbond substituents is 1. The van der Waals surface area contributed by atoms with Crippen molar-refractivity contribution in [2.24, 2.45) is 5.10 Å². The number of rotatable bonds is 6. The number of hydrogen-bond acceptors (Lipinski definition) is 7. The average molecular weight is 355 g/mol. The highest BCUT2D eigenvalue weighted by molar-refractivity contribution is 7.14. The van der Waals surface area contributed by atoms with Crippen LogP contribution in [0.5, 0.6) is 17.2 Å². The second-order valence-electron chi connectivity index (χ2n) is 5.06. The molecule has 0 fully saturated rings. The molecule has 0 atom stereocenters. The molecule has 0 saturated heterocycles. The van der Waals surface area contributed by atoms with Gasteiger partial charge in [0.1, 0.15) is 17.2 Å². The predicted octanol–water partition coefficient (Wildman–Crippen LogP) is 3.98. The van der Waals surface area contributed by atoms with Crippen molar-refractivity contribution in [1.29, 1.82) is 0 Å². The van der Waals surface area contributed by atoms with Crippen LogP contribution in [-0.4, -0.2) is 30.5 Å². The van der Waals surface area contributed by atoms with Gasteiger partial charge in [-0.15, -0.1) is 11.3 Å². The third-order valence-corrected chi connectivity index (χ3v) is 4.21.